The van der Waals surface area contributed by atoms with Crippen molar-refractivity contribution in [3.8, 4) is 11.1 Å². The summed E-state index contributed by atoms with van der Waals surface area (Å²) in [5.74, 6) is -0.956. The van der Waals surface area contributed by atoms with Crippen molar-refractivity contribution in [3.63, 3.8) is 0 Å². The number of carbonyl (C=O) groups excluding carboxylic acids is 3. The zero-order chi connectivity index (χ0) is 23.3. The highest BCUT2D eigenvalue weighted by Gasteiger charge is 2.14. The number of aryl methyl sites for hydroxylation is 1. The van der Waals surface area contributed by atoms with Gasteiger partial charge in [0.2, 0.25) is 5.91 Å². The first kappa shape index (κ1) is 22.7. The van der Waals surface area contributed by atoms with Crippen LogP contribution < -0.4 is 10.8 Å². The molecule has 0 spiro atoms. The SMILES string of the molecule is Cc1ccc(C(=O)Nc2cc(C(=O)N(C)C)cc(-c3ccc(CC(=O)NO)cc3)c2)cc1. The Morgan fingerprint density at radius 1 is 0.844 bits per heavy atom. The average molecular weight is 431 g/mol. The summed E-state index contributed by atoms with van der Waals surface area (Å²) in [7, 11) is 3.33. The van der Waals surface area contributed by atoms with Gasteiger partial charge in [-0.05, 0) is 53.9 Å². The van der Waals surface area contributed by atoms with E-state index >= 15 is 0 Å². The van der Waals surface area contributed by atoms with Gasteiger partial charge < -0.3 is 10.2 Å². The molecule has 7 heteroatoms. The normalized spacial score (nSPS) is 10.4. The minimum atomic E-state index is -0.502. The van der Waals surface area contributed by atoms with Crippen molar-refractivity contribution < 1.29 is 19.6 Å². The summed E-state index contributed by atoms with van der Waals surface area (Å²) < 4.78 is 0. The van der Waals surface area contributed by atoms with E-state index in [0.29, 0.717) is 16.8 Å². The molecule has 7 nitrogen and oxygen atoms in total. The van der Waals surface area contributed by atoms with Crippen molar-refractivity contribution in [2.45, 2.75) is 13.3 Å². The Balaban J connectivity index is 1.94. The Bertz CT molecular complexity index is 1140. The van der Waals surface area contributed by atoms with Gasteiger partial charge in [0.1, 0.15) is 0 Å². The molecule has 3 N–H and O–H groups in total. The van der Waals surface area contributed by atoms with Gasteiger partial charge in [-0.15, -0.1) is 0 Å². The summed E-state index contributed by atoms with van der Waals surface area (Å²) in [5.41, 5.74) is 6.42. The van der Waals surface area contributed by atoms with Gasteiger partial charge in [-0.2, -0.15) is 0 Å². The van der Waals surface area contributed by atoms with Gasteiger partial charge in [0.15, 0.2) is 0 Å². The van der Waals surface area contributed by atoms with E-state index in [0.717, 1.165) is 22.3 Å². The van der Waals surface area contributed by atoms with Crippen LogP contribution in [0.15, 0.2) is 66.7 Å². The summed E-state index contributed by atoms with van der Waals surface area (Å²) in [6.45, 7) is 1.95. The molecular formula is C25H25N3O4. The molecule has 0 atom stereocenters. The first-order valence-electron chi connectivity index (χ1n) is 10.0. The molecular weight excluding hydrogens is 406 g/mol. The molecule has 0 radical (unpaired) electrons. The van der Waals surface area contributed by atoms with Gasteiger partial charge >= 0.3 is 0 Å². The van der Waals surface area contributed by atoms with E-state index in [-0.39, 0.29) is 18.2 Å². The van der Waals surface area contributed by atoms with E-state index in [1.807, 2.05) is 31.2 Å². The van der Waals surface area contributed by atoms with Gasteiger partial charge in [0.05, 0.1) is 6.42 Å². The molecule has 3 aromatic rings. The molecule has 32 heavy (non-hydrogen) atoms. The predicted octanol–water partition coefficient (Wildman–Crippen LogP) is 3.66. The lowest BCUT2D eigenvalue weighted by atomic mass is 9.99. The largest absolute Gasteiger partial charge is 0.345 e. The van der Waals surface area contributed by atoms with Crippen LogP contribution in [-0.4, -0.2) is 41.9 Å². The lowest BCUT2D eigenvalue weighted by Crippen LogP contribution is -2.22. The Hall–Kier alpha value is -3.97. The van der Waals surface area contributed by atoms with Crippen molar-refractivity contribution in [2.24, 2.45) is 0 Å². The van der Waals surface area contributed by atoms with Gasteiger partial charge in [0.25, 0.3) is 11.8 Å². The van der Waals surface area contributed by atoms with E-state index < -0.39 is 5.91 Å². The molecule has 0 aromatic heterocycles. The number of hydroxylamine groups is 1. The number of carbonyl (C=O) groups is 3. The number of benzene rings is 3. The van der Waals surface area contributed by atoms with E-state index in [4.69, 9.17) is 5.21 Å². The second-order valence-electron chi connectivity index (χ2n) is 7.73. The summed E-state index contributed by atoms with van der Waals surface area (Å²) in [6.07, 6.45) is 0.0494. The van der Waals surface area contributed by atoms with E-state index in [1.165, 1.54) is 4.90 Å². The first-order chi connectivity index (χ1) is 15.3. The minimum Gasteiger partial charge on any atom is -0.345 e. The molecule has 0 aliphatic rings. The third kappa shape index (κ3) is 5.59. The number of nitrogens with one attached hydrogen (secondary N) is 2. The van der Waals surface area contributed by atoms with Crippen LogP contribution in [0.25, 0.3) is 11.1 Å². The molecule has 0 aliphatic heterocycles. The highest BCUT2D eigenvalue weighted by molar-refractivity contribution is 6.05. The monoisotopic (exact) mass is 431 g/mol. The van der Waals surface area contributed by atoms with Crippen LogP contribution in [0.3, 0.4) is 0 Å². The summed E-state index contributed by atoms with van der Waals surface area (Å²) in [4.78, 5) is 38.2. The number of hydrogen-bond donors (Lipinski definition) is 3. The Morgan fingerprint density at radius 3 is 2.09 bits per heavy atom. The Labute approximate surface area is 186 Å². The molecule has 164 valence electrons. The van der Waals surface area contributed by atoms with Crippen molar-refractivity contribution >= 4 is 23.4 Å². The fourth-order valence-electron chi connectivity index (χ4n) is 3.20. The van der Waals surface area contributed by atoms with Crippen LogP contribution in [0.1, 0.15) is 31.8 Å². The number of amides is 3. The summed E-state index contributed by atoms with van der Waals surface area (Å²) in [5, 5.41) is 11.6. The third-order valence-electron chi connectivity index (χ3n) is 4.93. The van der Waals surface area contributed by atoms with Crippen LogP contribution in [0.4, 0.5) is 5.69 Å². The summed E-state index contributed by atoms with van der Waals surface area (Å²) in [6, 6.07) is 19.6. The van der Waals surface area contributed by atoms with Gasteiger partial charge in [-0.3, -0.25) is 19.6 Å². The topological polar surface area (TPSA) is 98.7 Å². The van der Waals surface area contributed by atoms with Crippen molar-refractivity contribution in [1.82, 2.24) is 10.4 Å². The zero-order valence-electron chi connectivity index (χ0n) is 18.2. The number of nitrogens with zero attached hydrogens (tertiary/aromatic N) is 1. The minimum absolute atomic E-state index is 0.0494. The highest BCUT2D eigenvalue weighted by atomic mass is 16.5. The number of hydrogen-bond acceptors (Lipinski definition) is 4. The van der Waals surface area contributed by atoms with E-state index in [2.05, 4.69) is 5.32 Å². The van der Waals surface area contributed by atoms with E-state index in [9.17, 15) is 14.4 Å². The fraction of sp³-hybridized carbons (Fsp3) is 0.160. The molecule has 0 fully saturated rings. The fourth-order valence-corrected chi connectivity index (χ4v) is 3.20. The maximum Gasteiger partial charge on any atom is 0.255 e. The molecule has 3 aromatic carbocycles. The first-order valence-corrected chi connectivity index (χ1v) is 10.0. The highest BCUT2D eigenvalue weighted by Crippen LogP contribution is 2.26. The van der Waals surface area contributed by atoms with Crippen LogP contribution >= 0.6 is 0 Å². The lowest BCUT2D eigenvalue weighted by molar-refractivity contribution is -0.128. The molecule has 0 heterocycles. The zero-order valence-corrected chi connectivity index (χ0v) is 18.2. The molecule has 0 saturated carbocycles. The van der Waals surface area contributed by atoms with Crippen LogP contribution in [0.2, 0.25) is 0 Å². The maximum atomic E-state index is 12.7. The lowest BCUT2D eigenvalue weighted by Gasteiger charge is -2.15. The Kier molecular flexibility index (Phi) is 7.02. The standard InChI is InChI=1S/C25H25N3O4/c1-16-4-8-19(9-5-16)24(30)26-22-14-20(13-21(15-22)25(31)28(2)3)18-10-6-17(7-11-18)12-23(29)27-32/h4-11,13-15,32H,12H2,1-3H3,(H,26,30)(H,27,29). The predicted molar refractivity (Wildman–Crippen MR) is 123 cm³/mol. The number of anilines is 1. The molecule has 3 rings (SSSR count). The second kappa shape index (κ2) is 9.89. The van der Waals surface area contributed by atoms with Crippen molar-refractivity contribution in [1.29, 1.82) is 0 Å². The molecule has 0 unspecified atom stereocenters. The van der Waals surface area contributed by atoms with E-state index in [1.54, 1.807) is 62.0 Å². The van der Waals surface area contributed by atoms with Gasteiger partial charge in [0, 0.05) is 30.9 Å². The maximum absolute atomic E-state index is 12.7. The second-order valence-corrected chi connectivity index (χ2v) is 7.73. The number of rotatable bonds is 6. The molecule has 0 saturated heterocycles. The third-order valence-corrected chi connectivity index (χ3v) is 4.93. The molecule has 0 aliphatic carbocycles. The van der Waals surface area contributed by atoms with Crippen molar-refractivity contribution in [2.75, 3.05) is 19.4 Å². The van der Waals surface area contributed by atoms with Gasteiger partial charge in [-0.1, -0.05) is 42.0 Å². The van der Waals surface area contributed by atoms with Gasteiger partial charge in [-0.25, -0.2) is 5.48 Å². The average Bonchev–Trinajstić information content (AvgIpc) is 2.79. The van der Waals surface area contributed by atoms with Crippen LogP contribution in [-0.2, 0) is 11.2 Å². The van der Waals surface area contributed by atoms with Crippen LogP contribution in [0, 0.1) is 6.92 Å². The quantitative estimate of drug-likeness (QED) is 0.410. The Morgan fingerprint density at radius 2 is 1.50 bits per heavy atom. The smallest absolute Gasteiger partial charge is 0.255 e. The van der Waals surface area contributed by atoms with Crippen LogP contribution in [0.5, 0.6) is 0 Å². The molecule has 0 bridgehead atoms. The molecule has 3 amide bonds. The summed E-state index contributed by atoms with van der Waals surface area (Å²) >= 11 is 0. The van der Waals surface area contributed by atoms with Crippen molar-refractivity contribution in [3.05, 3.63) is 89.0 Å².